The molecule has 1 N–H and O–H groups in total. The van der Waals surface area contributed by atoms with E-state index in [1.165, 1.54) is 50.5 Å². The molecule has 2 atom stereocenters. The third kappa shape index (κ3) is 3.49. The van der Waals surface area contributed by atoms with Crippen molar-refractivity contribution in [2.45, 2.75) is 83.1 Å². The van der Waals surface area contributed by atoms with Crippen LogP contribution in [0.15, 0.2) is 12.4 Å². The molecule has 4 heteroatoms. The number of hydrogen-bond acceptors (Lipinski definition) is 3. The normalized spacial score (nSPS) is 26.3. The Labute approximate surface area is 128 Å². The molecule has 0 amide bonds. The summed E-state index contributed by atoms with van der Waals surface area (Å²) in [6.07, 6.45) is 13.6. The first kappa shape index (κ1) is 15.0. The van der Waals surface area contributed by atoms with Gasteiger partial charge in [-0.05, 0) is 39.2 Å². The molecule has 2 fully saturated rings. The first-order chi connectivity index (χ1) is 10.2. The predicted octanol–water partition coefficient (Wildman–Crippen LogP) is 3.44. The van der Waals surface area contributed by atoms with Crippen LogP contribution in [0, 0.1) is 0 Å². The van der Waals surface area contributed by atoms with Crippen LogP contribution in [0.5, 0.6) is 0 Å². The molecule has 3 rings (SSSR count). The van der Waals surface area contributed by atoms with Gasteiger partial charge in [-0.2, -0.15) is 5.10 Å². The fraction of sp³-hybridized carbons (Fsp3) is 0.824. The van der Waals surface area contributed by atoms with E-state index >= 15 is 0 Å². The van der Waals surface area contributed by atoms with E-state index < -0.39 is 0 Å². The molecule has 0 bridgehead atoms. The summed E-state index contributed by atoms with van der Waals surface area (Å²) in [4.78, 5) is 0. The zero-order chi connectivity index (χ0) is 14.7. The maximum Gasteiger partial charge on any atom is 0.0779 e. The lowest BCUT2D eigenvalue weighted by Crippen LogP contribution is -2.32. The van der Waals surface area contributed by atoms with E-state index in [1.54, 1.807) is 0 Å². The fourth-order valence-corrected chi connectivity index (χ4v) is 3.92. The molecule has 0 aromatic carbocycles. The van der Waals surface area contributed by atoms with Crippen LogP contribution in [-0.2, 0) is 11.3 Å². The standard InChI is InChI=1S/C17H29N3O/c1-3-18-14(2)15-11-19-20(12-15)13-16-7-10-17(21-16)8-5-4-6-9-17/h11-12,14,16,18H,3-10,13H2,1-2H3. The summed E-state index contributed by atoms with van der Waals surface area (Å²) < 4.78 is 8.50. The average Bonchev–Trinajstić information content (AvgIpc) is 3.09. The molecule has 1 aliphatic heterocycles. The minimum absolute atomic E-state index is 0.218. The summed E-state index contributed by atoms with van der Waals surface area (Å²) >= 11 is 0. The molecule has 21 heavy (non-hydrogen) atoms. The number of nitrogens with one attached hydrogen (secondary N) is 1. The Bertz CT molecular complexity index is 451. The lowest BCUT2D eigenvalue weighted by molar-refractivity contribution is -0.0688. The Morgan fingerprint density at radius 2 is 2.19 bits per heavy atom. The molecule has 1 saturated heterocycles. The highest BCUT2D eigenvalue weighted by atomic mass is 16.5. The van der Waals surface area contributed by atoms with Crippen LogP contribution in [0.25, 0.3) is 0 Å². The predicted molar refractivity (Wildman–Crippen MR) is 84.2 cm³/mol. The van der Waals surface area contributed by atoms with Gasteiger partial charge in [0, 0.05) is 17.8 Å². The first-order valence-electron chi connectivity index (χ1n) is 8.64. The number of aromatic nitrogens is 2. The van der Waals surface area contributed by atoms with Gasteiger partial charge in [0.15, 0.2) is 0 Å². The average molecular weight is 291 g/mol. The van der Waals surface area contributed by atoms with Gasteiger partial charge in [0.1, 0.15) is 0 Å². The fourth-order valence-electron chi connectivity index (χ4n) is 3.92. The first-order valence-corrected chi connectivity index (χ1v) is 8.64. The monoisotopic (exact) mass is 291 g/mol. The molecule has 1 aromatic rings. The molecular formula is C17H29N3O. The molecule has 118 valence electrons. The molecular weight excluding hydrogens is 262 g/mol. The topological polar surface area (TPSA) is 39.1 Å². The van der Waals surface area contributed by atoms with Crippen molar-refractivity contribution in [1.82, 2.24) is 15.1 Å². The minimum atomic E-state index is 0.218. The summed E-state index contributed by atoms with van der Waals surface area (Å²) in [5.41, 5.74) is 1.48. The highest BCUT2D eigenvalue weighted by Crippen LogP contribution is 2.42. The molecule has 2 aliphatic rings. The number of rotatable bonds is 5. The van der Waals surface area contributed by atoms with Crippen LogP contribution < -0.4 is 5.32 Å². The third-order valence-corrected chi connectivity index (χ3v) is 5.16. The van der Waals surface area contributed by atoms with Crippen LogP contribution >= 0.6 is 0 Å². The zero-order valence-corrected chi connectivity index (χ0v) is 13.5. The highest BCUT2D eigenvalue weighted by Gasteiger charge is 2.40. The molecule has 2 unspecified atom stereocenters. The zero-order valence-electron chi connectivity index (χ0n) is 13.5. The van der Waals surface area contributed by atoms with Gasteiger partial charge in [-0.1, -0.05) is 26.2 Å². The van der Waals surface area contributed by atoms with Gasteiger partial charge in [0.2, 0.25) is 0 Å². The second-order valence-electron chi connectivity index (χ2n) is 6.80. The van der Waals surface area contributed by atoms with Crippen molar-refractivity contribution in [1.29, 1.82) is 0 Å². The summed E-state index contributed by atoms with van der Waals surface area (Å²) in [5, 5.41) is 7.94. The van der Waals surface area contributed by atoms with Gasteiger partial charge >= 0.3 is 0 Å². The van der Waals surface area contributed by atoms with E-state index in [0.29, 0.717) is 12.1 Å². The Balaban J connectivity index is 1.55. The Hall–Kier alpha value is -0.870. The Morgan fingerprint density at radius 1 is 1.38 bits per heavy atom. The van der Waals surface area contributed by atoms with Crippen LogP contribution in [0.3, 0.4) is 0 Å². The van der Waals surface area contributed by atoms with E-state index in [-0.39, 0.29) is 5.60 Å². The smallest absolute Gasteiger partial charge is 0.0779 e. The third-order valence-electron chi connectivity index (χ3n) is 5.16. The van der Waals surface area contributed by atoms with Gasteiger partial charge in [0.05, 0.1) is 24.4 Å². The Morgan fingerprint density at radius 3 is 2.95 bits per heavy atom. The largest absolute Gasteiger partial charge is 0.370 e. The maximum absolute atomic E-state index is 6.43. The van der Waals surface area contributed by atoms with E-state index in [9.17, 15) is 0 Å². The van der Waals surface area contributed by atoms with Crippen molar-refractivity contribution < 1.29 is 4.74 Å². The summed E-state index contributed by atoms with van der Waals surface area (Å²) in [5.74, 6) is 0. The second-order valence-corrected chi connectivity index (χ2v) is 6.80. The molecule has 2 heterocycles. The van der Waals surface area contributed by atoms with Gasteiger partial charge in [-0.25, -0.2) is 0 Å². The summed E-state index contributed by atoms with van der Waals surface area (Å²) in [6.45, 7) is 6.21. The molecule has 1 aliphatic carbocycles. The second kappa shape index (κ2) is 6.49. The lowest BCUT2D eigenvalue weighted by Gasteiger charge is -2.33. The quantitative estimate of drug-likeness (QED) is 0.903. The van der Waals surface area contributed by atoms with Gasteiger partial charge in [-0.3, -0.25) is 4.68 Å². The number of nitrogens with zero attached hydrogens (tertiary/aromatic N) is 2. The van der Waals surface area contributed by atoms with Crippen LogP contribution in [0.1, 0.15) is 70.4 Å². The van der Waals surface area contributed by atoms with E-state index in [2.05, 4.69) is 35.1 Å². The molecule has 0 radical (unpaired) electrons. The van der Waals surface area contributed by atoms with Crippen molar-refractivity contribution in [3.63, 3.8) is 0 Å². The number of hydrogen-bond donors (Lipinski definition) is 1. The lowest BCUT2D eigenvalue weighted by atomic mass is 9.83. The Kier molecular flexibility index (Phi) is 4.65. The molecule has 1 aromatic heterocycles. The minimum Gasteiger partial charge on any atom is -0.370 e. The summed E-state index contributed by atoms with van der Waals surface area (Å²) in [7, 11) is 0. The van der Waals surface area contributed by atoms with Crippen LogP contribution in [0.4, 0.5) is 0 Å². The molecule has 4 nitrogen and oxygen atoms in total. The van der Waals surface area contributed by atoms with Crippen LogP contribution in [-0.4, -0.2) is 28.0 Å². The van der Waals surface area contributed by atoms with E-state index in [4.69, 9.17) is 4.74 Å². The highest BCUT2D eigenvalue weighted by molar-refractivity contribution is 5.09. The van der Waals surface area contributed by atoms with Gasteiger partial charge in [0.25, 0.3) is 0 Å². The van der Waals surface area contributed by atoms with Crippen LogP contribution in [0.2, 0.25) is 0 Å². The summed E-state index contributed by atoms with van der Waals surface area (Å²) in [6, 6.07) is 0.373. The van der Waals surface area contributed by atoms with Gasteiger partial charge < -0.3 is 10.1 Å². The number of ether oxygens (including phenoxy) is 1. The van der Waals surface area contributed by atoms with E-state index in [0.717, 1.165) is 13.1 Å². The van der Waals surface area contributed by atoms with Gasteiger partial charge in [-0.15, -0.1) is 0 Å². The van der Waals surface area contributed by atoms with Crippen molar-refractivity contribution in [3.8, 4) is 0 Å². The van der Waals surface area contributed by atoms with Crippen molar-refractivity contribution >= 4 is 0 Å². The molecule has 1 spiro atoms. The van der Waals surface area contributed by atoms with Crippen molar-refractivity contribution in [2.75, 3.05) is 6.54 Å². The van der Waals surface area contributed by atoms with Crippen molar-refractivity contribution in [3.05, 3.63) is 18.0 Å². The SMILES string of the molecule is CCNC(C)c1cnn(CC2CCC3(CCCCC3)O2)c1. The molecule has 1 saturated carbocycles. The van der Waals surface area contributed by atoms with Crippen molar-refractivity contribution in [2.24, 2.45) is 0 Å². The van der Waals surface area contributed by atoms with E-state index in [1.807, 2.05) is 6.20 Å². The maximum atomic E-state index is 6.43.